The summed E-state index contributed by atoms with van der Waals surface area (Å²) in [6.07, 6.45) is 1.59. The molecule has 0 bridgehead atoms. The Bertz CT molecular complexity index is 984. The van der Waals surface area contributed by atoms with E-state index < -0.39 is 6.43 Å². The molecular formula is C23H28F2N4O2. The molecule has 1 aromatic heterocycles. The van der Waals surface area contributed by atoms with Crippen molar-refractivity contribution in [3.05, 3.63) is 40.1 Å². The molecule has 8 heteroatoms. The smallest absolute Gasteiger partial charge is 0.264 e. The molecule has 31 heavy (non-hydrogen) atoms. The molecular weight excluding hydrogens is 402 g/mol. The van der Waals surface area contributed by atoms with E-state index in [1.54, 1.807) is 13.0 Å². The zero-order chi connectivity index (χ0) is 21.5. The number of carbonyl (C=O) groups is 1. The van der Waals surface area contributed by atoms with Crippen molar-refractivity contribution in [1.29, 1.82) is 0 Å². The lowest BCUT2D eigenvalue weighted by Crippen LogP contribution is -2.35. The molecule has 0 saturated carbocycles. The van der Waals surface area contributed by atoms with E-state index in [4.69, 9.17) is 4.74 Å². The number of benzene rings is 1. The summed E-state index contributed by atoms with van der Waals surface area (Å²) in [4.78, 5) is 15.8. The van der Waals surface area contributed by atoms with Crippen LogP contribution in [0.15, 0.2) is 12.1 Å². The SMILES string of the molecule is CC(=O)N1CCc2[nH]nc(N3CCCc4cc(C5CCOCC5)c(C(F)F)cc43)c2C1. The van der Waals surface area contributed by atoms with Gasteiger partial charge in [0.15, 0.2) is 5.82 Å². The number of amides is 1. The fourth-order valence-electron chi connectivity index (χ4n) is 5.21. The number of halogens is 2. The Morgan fingerprint density at radius 1 is 1.23 bits per heavy atom. The summed E-state index contributed by atoms with van der Waals surface area (Å²) in [5, 5.41) is 7.68. The highest BCUT2D eigenvalue weighted by Gasteiger charge is 2.31. The van der Waals surface area contributed by atoms with Crippen molar-refractivity contribution in [2.45, 2.75) is 57.9 Å². The van der Waals surface area contributed by atoms with Crippen molar-refractivity contribution in [3.63, 3.8) is 0 Å². The zero-order valence-corrected chi connectivity index (χ0v) is 17.8. The molecule has 3 aliphatic heterocycles. The topological polar surface area (TPSA) is 61.5 Å². The average Bonchev–Trinajstić information content (AvgIpc) is 3.21. The Hall–Kier alpha value is -2.48. The highest BCUT2D eigenvalue weighted by atomic mass is 19.3. The number of rotatable bonds is 3. The Labute approximate surface area is 180 Å². The zero-order valence-electron chi connectivity index (χ0n) is 17.8. The Morgan fingerprint density at radius 3 is 2.77 bits per heavy atom. The standard InChI is InChI=1S/C23H28F2N4O2/c1-14(30)28-8-4-20-19(13-28)23(27-26-20)29-7-2-3-16-11-17(15-5-9-31-10-6-15)18(22(24)25)12-21(16)29/h11-12,15,22H,2-10,13H2,1H3,(H,26,27). The van der Waals surface area contributed by atoms with Crippen LogP contribution in [0, 0.1) is 0 Å². The highest BCUT2D eigenvalue weighted by molar-refractivity contribution is 5.75. The number of aryl methyl sites for hydroxylation is 1. The lowest BCUT2D eigenvalue weighted by Gasteiger charge is -2.34. The number of carbonyl (C=O) groups excluding carboxylic acids is 1. The predicted octanol–water partition coefficient (Wildman–Crippen LogP) is 4.23. The Balaban J connectivity index is 1.55. The maximum absolute atomic E-state index is 14.1. The fraction of sp³-hybridized carbons (Fsp3) is 0.565. The van der Waals surface area contributed by atoms with E-state index in [0.717, 1.165) is 72.5 Å². The van der Waals surface area contributed by atoms with Crippen molar-refractivity contribution in [2.24, 2.45) is 0 Å². The van der Waals surface area contributed by atoms with E-state index in [-0.39, 0.29) is 17.4 Å². The van der Waals surface area contributed by atoms with Gasteiger partial charge in [-0.3, -0.25) is 9.89 Å². The third kappa shape index (κ3) is 3.71. The van der Waals surface area contributed by atoms with Gasteiger partial charge in [0.05, 0.1) is 6.54 Å². The van der Waals surface area contributed by atoms with Crippen LogP contribution in [0.25, 0.3) is 0 Å². The quantitative estimate of drug-likeness (QED) is 0.792. The van der Waals surface area contributed by atoms with Gasteiger partial charge in [0.1, 0.15) is 0 Å². The van der Waals surface area contributed by atoms with Crippen LogP contribution in [0.3, 0.4) is 0 Å². The van der Waals surface area contributed by atoms with E-state index in [9.17, 15) is 13.6 Å². The van der Waals surface area contributed by atoms with Gasteiger partial charge >= 0.3 is 0 Å². The van der Waals surface area contributed by atoms with Gasteiger partial charge in [0, 0.05) is 62.2 Å². The van der Waals surface area contributed by atoms with Crippen LogP contribution in [-0.4, -0.2) is 47.3 Å². The van der Waals surface area contributed by atoms with Crippen LogP contribution in [0.4, 0.5) is 20.3 Å². The second-order valence-corrected chi connectivity index (χ2v) is 8.75. The molecule has 1 aromatic carbocycles. The maximum atomic E-state index is 14.1. The van der Waals surface area contributed by atoms with Crippen molar-refractivity contribution >= 4 is 17.4 Å². The second-order valence-electron chi connectivity index (χ2n) is 8.75. The lowest BCUT2D eigenvalue weighted by molar-refractivity contribution is -0.129. The van der Waals surface area contributed by atoms with Gasteiger partial charge in [0.2, 0.25) is 5.91 Å². The summed E-state index contributed by atoms with van der Waals surface area (Å²) in [7, 11) is 0. The Kier molecular flexibility index (Phi) is 5.42. The summed E-state index contributed by atoms with van der Waals surface area (Å²) >= 11 is 0. The number of ether oxygens (including phenoxy) is 1. The fourth-order valence-corrected chi connectivity index (χ4v) is 5.21. The number of aromatic nitrogens is 2. The third-order valence-electron chi connectivity index (χ3n) is 6.91. The van der Waals surface area contributed by atoms with Gasteiger partial charge in [-0.25, -0.2) is 8.78 Å². The van der Waals surface area contributed by atoms with Crippen LogP contribution in [0.5, 0.6) is 0 Å². The number of hydrogen-bond donors (Lipinski definition) is 1. The van der Waals surface area contributed by atoms with E-state index in [0.29, 0.717) is 26.3 Å². The van der Waals surface area contributed by atoms with E-state index in [2.05, 4.69) is 15.1 Å². The normalized spacial score (nSPS) is 19.5. The molecule has 0 radical (unpaired) electrons. The molecule has 0 aliphatic carbocycles. The molecule has 0 unspecified atom stereocenters. The van der Waals surface area contributed by atoms with Crippen LogP contribution in [-0.2, 0) is 28.9 Å². The summed E-state index contributed by atoms with van der Waals surface area (Å²) < 4.78 is 33.7. The first kappa shape index (κ1) is 20.4. The first-order valence-corrected chi connectivity index (χ1v) is 11.1. The van der Waals surface area contributed by atoms with Crippen molar-refractivity contribution in [2.75, 3.05) is 31.2 Å². The summed E-state index contributed by atoms with van der Waals surface area (Å²) in [5.41, 5.74) is 4.88. The average molecular weight is 430 g/mol. The van der Waals surface area contributed by atoms with Gasteiger partial charge < -0.3 is 14.5 Å². The minimum atomic E-state index is -2.52. The molecule has 3 aliphatic rings. The van der Waals surface area contributed by atoms with Gasteiger partial charge in [-0.2, -0.15) is 5.10 Å². The van der Waals surface area contributed by atoms with Crippen LogP contribution in [0.1, 0.15) is 66.5 Å². The molecule has 0 spiro atoms. The number of nitrogens with one attached hydrogen (secondary N) is 1. The number of hydrogen-bond acceptors (Lipinski definition) is 4. The van der Waals surface area contributed by atoms with Crippen molar-refractivity contribution in [1.82, 2.24) is 15.1 Å². The molecule has 4 heterocycles. The summed E-state index contributed by atoms with van der Waals surface area (Å²) in [6, 6.07) is 3.70. The minimum absolute atomic E-state index is 0.0398. The number of H-pyrrole nitrogens is 1. The predicted molar refractivity (Wildman–Crippen MR) is 113 cm³/mol. The van der Waals surface area contributed by atoms with Crippen LogP contribution in [0.2, 0.25) is 0 Å². The molecule has 1 fully saturated rings. The monoisotopic (exact) mass is 430 g/mol. The number of anilines is 2. The second kappa shape index (κ2) is 8.22. The molecule has 2 aromatic rings. The Morgan fingerprint density at radius 2 is 2.03 bits per heavy atom. The largest absolute Gasteiger partial charge is 0.381 e. The summed E-state index contributed by atoms with van der Waals surface area (Å²) in [5.74, 6) is 0.930. The van der Waals surface area contributed by atoms with Crippen LogP contribution < -0.4 is 4.90 Å². The van der Waals surface area contributed by atoms with Crippen molar-refractivity contribution in [3.8, 4) is 0 Å². The lowest BCUT2D eigenvalue weighted by atomic mass is 9.85. The van der Waals surface area contributed by atoms with Crippen LogP contribution >= 0.6 is 0 Å². The van der Waals surface area contributed by atoms with Crippen molar-refractivity contribution < 1.29 is 18.3 Å². The summed E-state index contributed by atoms with van der Waals surface area (Å²) in [6.45, 7) is 4.73. The van der Waals surface area contributed by atoms with E-state index in [1.807, 2.05) is 11.0 Å². The number of nitrogens with zero attached hydrogens (tertiary/aromatic N) is 3. The first-order valence-electron chi connectivity index (χ1n) is 11.1. The molecule has 1 N–H and O–H groups in total. The molecule has 1 saturated heterocycles. The maximum Gasteiger partial charge on any atom is 0.264 e. The number of fused-ring (bicyclic) bond motifs is 2. The van der Waals surface area contributed by atoms with Gasteiger partial charge in [-0.05, 0) is 48.8 Å². The number of aromatic amines is 1. The molecule has 5 rings (SSSR count). The third-order valence-corrected chi connectivity index (χ3v) is 6.91. The molecule has 6 nitrogen and oxygen atoms in total. The van der Waals surface area contributed by atoms with Gasteiger partial charge in [-0.15, -0.1) is 0 Å². The number of alkyl halides is 2. The first-order chi connectivity index (χ1) is 15.0. The molecule has 0 atom stereocenters. The molecule has 166 valence electrons. The van der Waals surface area contributed by atoms with Gasteiger partial charge in [-0.1, -0.05) is 6.07 Å². The highest BCUT2D eigenvalue weighted by Crippen LogP contribution is 2.43. The van der Waals surface area contributed by atoms with E-state index >= 15 is 0 Å². The van der Waals surface area contributed by atoms with Gasteiger partial charge in [0.25, 0.3) is 6.43 Å². The molecule has 1 amide bonds. The minimum Gasteiger partial charge on any atom is -0.381 e. The van der Waals surface area contributed by atoms with E-state index in [1.165, 1.54) is 0 Å².